The summed E-state index contributed by atoms with van der Waals surface area (Å²) in [6, 6.07) is 9.02. The molecule has 0 bridgehead atoms. The molecule has 8 heteroatoms. The first-order valence-corrected chi connectivity index (χ1v) is 9.14. The fraction of sp³-hybridized carbons (Fsp3) is 0.200. The normalized spacial score (nSPS) is 11.9. The van der Waals surface area contributed by atoms with Gasteiger partial charge in [-0.25, -0.2) is 4.39 Å². The summed E-state index contributed by atoms with van der Waals surface area (Å²) in [5, 5.41) is 7.48. The van der Waals surface area contributed by atoms with Crippen LogP contribution < -0.4 is 10.1 Å². The van der Waals surface area contributed by atoms with Crippen LogP contribution in [0.3, 0.4) is 0 Å². The Kier molecular flexibility index (Phi) is 5.91. The molecule has 3 aromatic rings. The Morgan fingerprint density at radius 3 is 2.54 bits per heavy atom. The third-order valence-electron chi connectivity index (χ3n) is 4.31. The Bertz CT molecular complexity index is 1020. The minimum atomic E-state index is -0.509. The molecule has 146 valence electrons. The standard InChI is InChI=1S/C20H17Cl2FN2O3/c1-10(12-7-8-16(27-3)15(23)9-12)24-20(26)17-11(2)28-25-19(17)18-13(21)5-4-6-14(18)22/h4-10H,1-3H3,(H,24,26). The molecule has 1 amide bonds. The third kappa shape index (κ3) is 3.84. The van der Waals surface area contributed by atoms with Crippen molar-refractivity contribution < 1.29 is 18.4 Å². The van der Waals surface area contributed by atoms with Gasteiger partial charge in [-0.15, -0.1) is 0 Å². The molecule has 1 atom stereocenters. The van der Waals surface area contributed by atoms with Crippen molar-refractivity contribution >= 4 is 29.1 Å². The Morgan fingerprint density at radius 1 is 1.25 bits per heavy atom. The van der Waals surface area contributed by atoms with Crippen LogP contribution in [0.4, 0.5) is 4.39 Å². The molecule has 1 N–H and O–H groups in total. The van der Waals surface area contributed by atoms with Crippen LogP contribution in [0, 0.1) is 12.7 Å². The number of amides is 1. The lowest BCUT2D eigenvalue weighted by Gasteiger charge is -2.15. The molecule has 0 radical (unpaired) electrons. The average Bonchev–Trinajstić information content (AvgIpc) is 3.02. The maximum atomic E-state index is 14.0. The van der Waals surface area contributed by atoms with E-state index in [1.54, 1.807) is 38.1 Å². The highest BCUT2D eigenvalue weighted by Crippen LogP contribution is 2.37. The van der Waals surface area contributed by atoms with Crippen molar-refractivity contribution in [3.05, 3.63) is 69.1 Å². The first kappa shape index (κ1) is 20.2. The van der Waals surface area contributed by atoms with Gasteiger partial charge in [0.1, 0.15) is 17.0 Å². The second kappa shape index (κ2) is 8.20. The smallest absolute Gasteiger partial charge is 0.257 e. The first-order valence-electron chi connectivity index (χ1n) is 8.38. The summed E-state index contributed by atoms with van der Waals surface area (Å²) in [5.41, 5.74) is 1.46. The quantitative estimate of drug-likeness (QED) is 0.581. The summed E-state index contributed by atoms with van der Waals surface area (Å²) in [5.74, 6) is -0.497. The van der Waals surface area contributed by atoms with Gasteiger partial charge in [0.05, 0.1) is 23.2 Å². The van der Waals surface area contributed by atoms with Crippen LogP contribution in [0.5, 0.6) is 5.75 Å². The molecular weight excluding hydrogens is 406 g/mol. The number of halogens is 3. The Labute approximate surface area is 171 Å². The number of aryl methyl sites for hydroxylation is 1. The number of hydrogen-bond donors (Lipinski definition) is 1. The van der Waals surface area contributed by atoms with Crippen molar-refractivity contribution in [3.8, 4) is 17.0 Å². The van der Waals surface area contributed by atoms with E-state index in [-0.39, 0.29) is 17.0 Å². The van der Waals surface area contributed by atoms with E-state index in [4.69, 9.17) is 32.5 Å². The lowest BCUT2D eigenvalue weighted by molar-refractivity contribution is 0.0939. The van der Waals surface area contributed by atoms with Crippen LogP contribution in [-0.4, -0.2) is 18.2 Å². The molecule has 1 heterocycles. The molecule has 3 rings (SSSR count). The van der Waals surface area contributed by atoms with Crippen LogP contribution >= 0.6 is 23.2 Å². The zero-order chi connectivity index (χ0) is 20.4. The summed E-state index contributed by atoms with van der Waals surface area (Å²) in [6.07, 6.45) is 0. The number of rotatable bonds is 5. The monoisotopic (exact) mass is 422 g/mol. The fourth-order valence-corrected chi connectivity index (χ4v) is 3.41. The molecule has 0 aliphatic rings. The summed E-state index contributed by atoms with van der Waals surface area (Å²) >= 11 is 12.5. The van der Waals surface area contributed by atoms with Crippen LogP contribution in [0.15, 0.2) is 40.9 Å². The van der Waals surface area contributed by atoms with Gasteiger partial charge in [-0.2, -0.15) is 0 Å². The van der Waals surface area contributed by atoms with E-state index in [1.165, 1.54) is 19.2 Å². The number of methoxy groups -OCH3 is 1. The van der Waals surface area contributed by atoms with Crippen molar-refractivity contribution in [2.45, 2.75) is 19.9 Å². The van der Waals surface area contributed by atoms with Gasteiger partial charge in [-0.05, 0) is 43.7 Å². The summed E-state index contributed by atoms with van der Waals surface area (Å²) < 4.78 is 24.1. The van der Waals surface area contributed by atoms with Gasteiger partial charge in [0.15, 0.2) is 11.6 Å². The van der Waals surface area contributed by atoms with Gasteiger partial charge < -0.3 is 14.6 Å². The van der Waals surface area contributed by atoms with Crippen LogP contribution in [-0.2, 0) is 0 Å². The summed E-state index contributed by atoms with van der Waals surface area (Å²) in [6.45, 7) is 3.36. The molecule has 0 fully saturated rings. The summed E-state index contributed by atoms with van der Waals surface area (Å²) in [7, 11) is 1.39. The maximum absolute atomic E-state index is 14.0. The molecule has 2 aromatic carbocycles. The fourth-order valence-electron chi connectivity index (χ4n) is 2.84. The Morgan fingerprint density at radius 2 is 1.93 bits per heavy atom. The highest BCUT2D eigenvalue weighted by Gasteiger charge is 2.26. The van der Waals surface area contributed by atoms with E-state index in [0.717, 1.165) is 0 Å². The largest absolute Gasteiger partial charge is 0.494 e. The second-order valence-corrected chi connectivity index (χ2v) is 6.96. The van der Waals surface area contributed by atoms with Crippen molar-refractivity contribution in [2.24, 2.45) is 0 Å². The number of hydrogen-bond acceptors (Lipinski definition) is 4. The van der Waals surface area contributed by atoms with Crippen LogP contribution in [0.25, 0.3) is 11.3 Å². The number of carbonyl (C=O) groups excluding carboxylic acids is 1. The molecule has 0 saturated heterocycles. The number of carbonyl (C=O) groups is 1. The SMILES string of the molecule is COc1ccc(C(C)NC(=O)c2c(-c3c(Cl)cccc3Cl)noc2C)cc1F. The number of aromatic nitrogens is 1. The van der Waals surface area contributed by atoms with Crippen molar-refractivity contribution in [3.63, 3.8) is 0 Å². The minimum Gasteiger partial charge on any atom is -0.494 e. The molecule has 1 unspecified atom stereocenters. The average molecular weight is 423 g/mol. The predicted octanol–water partition coefficient (Wildman–Crippen LogP) is 5.60. The van der Waals surface area contributed by atoms with Gasteiger partial charge in [-0.3, -0.25) is 4.79 Å². The Balaban J connectivity index is 1.92. The lowest BCUT2D eigenvalue weighted by atomic mass is 10.0. The summed E-state index contributed by atoms with van der Waals surface area (Å²) in [4.78, 5) is 12.9. The second-order valence-electron chi connectivity index (χ2n) is 6.15. The van der Waals surface area contributed by atoms with E-state index in [9.17, 15) is 9.18 Å². The maximum Gasteiger partial charge on any atom is 0.257 e. The molecule has 0 saturated carbocycles. The van der Waals surface area contributed by atoms with Crippen molar-refractivity contribution in [2.75, 3.05) is 7.11 Å². The van der Waals surface area contributed by atoms with Gasteiger partial charge in [0.25, 0.3) is 5.91 Å². The zero-order valence-electron chi connectivity index (χ0n) is 15.3. The third-order valence-corrected chi connectivity index (χ3v) is 4.94. The van der Waals surface area contributed by atoms with Gasteiger partial charge in [-0.1, -0.05) is 40.5 Å². The van der Waals surface area contributed by atoms with Crippen LogP contribution in [0.1, 0.15) is 34.6 Å². The molecule has 0 spiro atoms. The van der Waals surface area contributed by atoms with E-state index in [2.05, 4.69) is 10.5 Å². The highest BCUT2D eigenvalue weighted by molar-refractivity contribution is 6.39. The molecule has 0 aliphatic carbocycles. The lowest BCUT2D eigenvalue weighted by Crippen LogP contribution is -2.27. The molecule has 28 heavy (non-hydrogen) atoms. The first-order chi connectivity index (χ1) is 13.3. The molecular formula is C20H17Cl2FN2O3. The van der Waals surface area contributed by atoms with Crippen molar-refractivity contribution in [1.82, 2.24) is 10.5 Å². The predicted molar refractivity (Wildman–Crippen MR) is 106 cm³/mol. The van der Waals surface area contributed by atoms with Crippen molar-refractivity contribution in [1.29, 1.82) is 0 Å². The highest BCUT2D eigenvalue weighted by atomic mass is 35.5. The van der Waals surface area contributed by atoms with E-state index in [0.29, 0.717) is 26.9 Å². The minimum absolute atomic E-state index is 0.132. The Hall–Kier alpha value is -2.57. The van der Waals surface area contributed by atoms with E-state index in [1.807, 2.05) is 0 Å². The van der Waals surface area contributed by atoms with Gasteiger partial charge >= 0.3 is 0 Å². The zero-order valence-corrected chi connectivity index (χ0v) is 16.9. The van der Waals surface area contributed by atoms with E-state index < -0.39 is 17.8 Å². The van der Waals surface area contributed by atoms with Crippen LogP contribution in [0.2, 0.25) is 10.0 Å². The van der Waals surface area contributed by atoms with Gasteiger partial charge in [0.2, 0.25) is 0 Å². The van der Waals surface area contributed by atoms with E-state index >= 15 is 0 Å². The molecule has 0 aliphatic heterocycles. The van der Waals surface area contributed by atoms with Gasteiger partial charge in [0, 0.05) is 5.56 Å². The number of nitrogens with one attached hydrogen (secondary N) is 1. The topological polar surface area (TPSA) is 64.4 Å². The number of nitrogens with zero attached hydrogens (tertiary/aromatic N) is 1. The number of benzene rings is 2. The molecule has 1 aromatic heterocycles. The number of ether oxygens (including phenoxy) is 1. The molecule has 5 nitrogen and oxygen atoms in total.